The first kappa shape index (κ1) is 14.8. The van der Waals surface area contributed by atoms with Gasteiger partial charge in [0.2, 0.25) is 0 Å². The highest BCUT2D eigenvalue weighted by atomic mass is 35.5. The third-order valence-electron chi connectivity index (χ3n) is 3.80. The van der Waals surface area contributed by atoms with Crippen molar-refractivity contribution in [3.05, 3.63) is 47.5 Å². The van der Waals surface area contributed by atoms with Gasteiger partial charge in [-0.1, -0.05) is 11.6 Å². The van der Waals surface area contributed by atoms with Gasteiger partial charge in [-0.25, -0.2) is 14.4 Å². The minimum absolute atomic E-state index is 0.113. The monoisotopic (exact) mass is 342 g/mol. The number of pyridine rings is 2. The molecule has 120 valence electrons. The molecule has 0 radical (unpaired) electrons. The Hall–Kier alpha value is -2.73. The van der Waals surface area contributed by atoms with Crippen molar-refractivity contribution in [1.82, 2.24) is 19.7 Å². The Labute approximate surface area is 141 Å². The number of aryl methyl sites for hydroxylation is 1. The lowest BCUT2D eigenvalue weighted by atomic mass is 10.1. The first-order chi connectivity index (χ1) is 11.6. The van der Waals surface area contributed by atoms with E-state index in [4.69, 9.17) is 16.3 Å². The number of nitrogens with zero attached hydrogens (tertiary/aromatic N) is 4. The summed E-state index contributed by atoms with van der Waals surface area (Å²) < 4.78 is 21.6. The summed E-state index contributed by atoms with van der Waals surface area (Å²) in [5, 5.41) is 6.16. The zero-order valence-corrected chi connectivity index (χ0v) is 13.7. The number of benzene rings is 1. The van der Waals surface area contributed by atoms with Crippen LogP contribution in [0, 0.1) is 5.82 Å². The van der Waals surface area contributed by atoms with Gasteiger partial charge in [0, 0.05) is 35.8 Å². The van der Waals surface area contributed by atoms with E-state index in [2.05, 4.69) is 15.1 Å². The summed E-state index contributed by atoms with van der Waals surface area (Å²) in [5.74, 6) is -0.390. The van der Waals surface area contributed by atoms with E-state index in [1.165, 1.54) is 13.3 Å². The van der Waals surface area contributed by atoms with Gasteiger partial charge in [0.05, 0.1) is 17.8 Å². The molecule has 4 aromatic rings. The maximum Gasteiger partial charge on any atom is 0.193 e. The van der Waals surface area contributed by atoms with Gasteiger partial charge in [0.25, 0.3) is 0 Å². The molecule has 0 amide bonds. The summed E-state index contributed by atoms with van der Waals surface area (Å²) in [5.41, 5.74) is 1.92. The number of methoxy groups -OCH3 is 1. The lowest BCUT2D eigenvalue weighted by molar-refractivity contribution is 0.390. The van der Waals surface area contributed by atoms with Crippen LogP contribution in [-0.4, -0.2) is 26.9 Å². The molecule has 24 heavy (non-hydrogen) atoms. The van der Waals surface area contributed by atoms with Crippen molar-refractivity contribution in [3.8, 4) is 17.0 Å². The summed E-state index contributed by atoms with van der Waals surface area (Å²) in [6, 6.07) is 7.23. The molecule has 0 aliphatic heterocycles. The van der Waals surface area contributed by atoms with Crippen molar-refractivity contribution in [2.45, 2.75) is 0 Å². The first-order valence-electron chi connectivity index (χ1n) is 7.19. The predicted molar refractivity (Wildman–Crippen MR) is 90.8 cm³/mol. The predicted octanol–water partition coefficient (Wildman–Crippen LogP) is 3.98. The van der Waals surface area contributed by atoms with Crippen LogP contribution in [0.4, 0.5) is 4.39 Å². The molecule has 3 aromatic heterocycles. The van der Waals surface area contributed by atoms with Gasteiger partial charge in [-0.3, -0.25) is 4.68 Å². The summed E-state index contributed by atoms with van der Waals surface area (Å²) in [6.45, 7) is 0. The van der Waals surface area contributed by atoms with Gasteiger partial charge in [-0.15, -0.1) is 0 Å². The maximum absolute atomic E-state index is 14.7. The van der Waals surface area contributed by atoms with Crippen LogP contribution in [-0.2, 0) is 7.05 Å². The van der Waals surface area contributed by atoms with Crippen LogP contribution in [0.15, 0.2) is 36.7 Å². The number of halogens is 2. The zero-order chi connectivity index (χ0) is 16.8. The number of ether oxygens (including phenoxy) is 1. The molecule has 3 heterocycles. The highest BCUT2D eigenvalue weighted by Gasteiger charge is 2.19. The number of fused-ring (bicyclic) bond motifs is 2. The van der Waals surface area contributed by atoms with Crippen molar-refractivity contribution >= 4 is 33.5 Å². The fraction of sp³-hybridized carbons (Fsp3) is 0.118. The van der Waals surface area contributed by atoms with Crippen LogP contribution in [0.25, 0.3) is 33.2 Å². The van der Waals surface area contributed by atoms with Crippen LogP contribution in [0.2, 0.25) is 5.02 Å². The van der Waals surface area contributed by atoms with Crippen molar-refractivity contribution in [2.24, 2.45) is 7.05 Å². The molecule has 0 saturated carbocycles. The van der Waals surface area contributed by atoms with Crippen LogP contribution in [0.5, 0.6) is 5.75 Å². The molecular formula is C17H12ClFN4O. The third kappa shape index (κ3) is 2.27. The molecule has 5 nitrogen and oxygen atoms in total. The second kappa shape index (κ2) is 5.42. The first-order valence-corrected chi connectivity index (χ1v) is 7.57. The Morgan fingerprint density at radius 2 is 2.04 bits per heavy atom. The number of hydrogen-bond donors (Lipinski definition) is 0. The second-order valence-corrected chi connectivity index (χ2v) is 5.85. The van der Waals surface area contributed by atoms with Gasteiger partial charge < -0.3 is 4.74 Å². The molecule has 0 N–H and O–H groups in total. The topological polar surface area (TPSA) is 52.8 Å². The molecule has 7 heteroatoms. The quantitative estimate of drug-likeness (QED) is 0.553. The normalized spacial score (nSPS) is 11.3. The Balaban J connectivity index is 1.99. The maximum atomic E-state index is 14.7. The molecule has 0 atom stereocenters. The zero-order valence-electron chi connectivity index (χ0n) is 12.9. The molecule has 0 fully saturated rings. The Morgan fingerprint density at radius 1 is 1.21 bits per heavy atom. The van der Waals surface area contributed by atoms with E-state index >= 15 is 0 Å². The Morgan fingerprint density at radius 3 is 2.83 bits per heavy atom. The highest BCUT2D eigenvalue weighted by Crippen LogP contribution is 2.36. The fourth-order valence-electron chi connectivity index (χ4n) is 2.75. The summed E-state index contributed by atoms with van der Waals surface area (Å²) in [7, 11) is 3.17. The molecule has 0 saturated heterocycles. The van der Waals surface area contributed by atoms with Gasteiger partial charge in [-0.2, -0.15) is 5.10 Å². The molecular weight excluding hydrogens is 331 g/mol. The number of hydrogen-bond acceptors (Lipinski definition) is 4. The molecule has 0 bridgehead atoms. The van der Waals surface area contributed by atoms with Crippen LogP contribution in [0.1, 0.15) is 0 Å². The minimum Gasteiger partial charge on any atom is -0.493 e. The van der Waals surface area contributed by atoms with Crippen LogP contribution >= 0.6 is 11.6 Å². The average Bonchev–Trinajstić information content (AvgIpc) is 2.95. The molecule has 0 aliphatic carbocycles. The molecule has 0 aliphatic rings. The fourth-order valence-corrected chi connectivity index (χ4v) is 2.92. The Kier molecular flexibility index (Phi) is 3.35. The summed E-state index contributed by atoms with van der Waals surface area (Å²) >= 11 is 5.94. The summed E-state index contributed by atoms with van der Waals surface area (Å²) in [4.78, 5) is 8.72. The third-order valence-corrected chi connectivity index (χ3v) is 4.00. The van der Waals surface area contributed by atoms with Crippen LogP contribution < -0.4 is 4.74 Å². The van der Waals surface area contributed by atoms with Crippen molar-refractivity contribution in [3.63, 3.8) is 0 Å². The van der Waals surface area contributed by atoms with E-state index in [1.807, 2.05) is 12.1 Å². The van der Waals surface area contributed by atoms with E-state index in [1.54, 1.807) is 30.1 Å². The largest absolute Gasteiger partial charge is 0.493 e. The molecule has 1 aromatic carbocycles. The van der Waals surface area contributed by atoms with E-state index in [-0.39, 0.29) is 11.3 Å². The van der Waals surface area contributed by atoms with Crippen molar-refractivity contribution < 1.29 is 9.13 Å². The average molecular weight is 343 g/mol. The molecule has 0 spiro atoms. The Bertz CT molecular complexity index is 1090. The van der Waals surface area contributed by atoms with E-state index in [9.17, 15) is 4.39 Å². The van der Waals surface area contributed by atoms with Gasteiger partial charge in [0.1, 0.15) is 5.52 Å². The van der Waals surface area contributed by atoms with Gasteiger partial charge in [-0.05, 0) is 24.3 Å². The number of rotatable bonds is 2. The van der Waals surface area contributed by atoms with Gasteiger partial charge >= 0.3 is 0 Å². The van der Waals surface area contributed by atoms with E-state index < -0.39 is 5.82 Å². The summed E-state index contributed by atoms with van der Waals surface area (Å²) in [6.07, 6.45) is 3.28. The van der Waals surface area contributed by atoms with E-state index in [0.717, 1.165) is 5.39 Å². The minimum atomic E-state index is -0.503. The number of aromatic nitrogens is 4. The van der Waals surface area contributed by atoms with E-state index in [0.29, 0.717) is 27.3 Å². The lowest BCUT2D eigenvalue weighted by Gasteiger charge is -2.10. The molecule has 0 unspecified atom stereocenters. The SMILES string of the molecule is COc1c(-c2ccc3cc(Cl)cnc3n2)cc2cn(C)nc2c1F. The second-order valence-electron chi connectivity index (χ2n) is 5.41. The highest BCUT2D eigenvalue weighted by molar-refractivity contribution is 6.31. The van der Waals surface area contributed by atoms with Crippen LogP contribution in [0.3, 0.4) is 0 Å². The molecule has 4 rings (SSSR count). The van der Waals surface area contributed by atoms with Crippen molar-refractivity contribution in [1.29, 1.82) is 0 Å². The standard InChI is InChI=1S/C17H12ClFN4O/c1-23-8-10-6-12(16(24-2)14(19)15(10)22-23)13-4-3-9-5-11(18)7-20-17(9)21-13/h3-8H,1-2H3. The lowest BCUT2D eigenvalue weighted by Crippen LogP contribution is -1.96. The smallest absolute Gasteiger partial charge is 0.193 e. The van der Waals surface area contributed by atoms with Crippen molar-refractivity contribution in [2.75, 3.05) is 7.11 Å². The van der Waals surface area contributed by atoms with Gasteiger partial charge in [0.15, 0.2) is 17.2 Å².